The van der Waals surface area contributed by atoms with Gasteiger partial charge in [-0.15, -0.1) is 11.3 Å². The van der Waals surface area contributed by atoms with Crippen molar-refractivity contribution in [1.29, 1.82) is 0 Å². The van der Waals surface area contributed by atoms with Gasteiger partial charge in [-0.1, -0.05) is 65.8 Å². The third kappa shape index (κ3) is 3.70. The van der Waals surface area contributed by atoms with Crippen LogP contribution in [-0.2, 0) is 13.1 Å². The fraction of sp³-hybridized carbons (Fsp3) is 0.0833. The minimum atomic E-state index is 0.755. The average Bonchev–Trinajstić information content (AvgIpc) is 3.45. The van der Waals surface area contributed by atoms with E-state index in [4.69, 9.17) is 4.52 Å². The van der Waals surface area contributed by atoms with Gasteiger partial charge < -0.3 is 9.84 Å². The molecule has 0 unspecified atom stereocenters. The van der Waals surface area contributed by atoms with Crippen molar-refractivity contribution in [3.8, 4) is 22.5 Å². The average molecular weight is 398 g/mol. The van der Waals surface area contributed by atoms with E-state index in [0.29, 0.717) is 0 Å². The first-order valence-corrected chi connectivity index (χ1v) is 10.4. The second-order valence-corrected chi connectivity index (χ2v) is 7.58. The molecule has 0 aliphatic heterocycles. The smallest absolute Gasteiger partial charge is 0.167 e. The summed E-state index contributed by atoms with van der Waals surface area (Å²) in [7, 11) is 0. The molecule has 0 saturated carbocycles. The standard InChI is InChI=1S/C24H19N3OS/c1-2-6-20(24-21-7-3-4-8-23(21)28-27-24)19(5-1)14-25-13-17-9-11-18(12-10-17)22-15-29-16-26-22/h1-12,15-16,25H,13-14H2. The van der Waals surface area contributed by atoms with E-state index >= 15 is 0 Å². The van der Waals surface area contributed by atoms with E-state index in [9.17, 15) is 0 Å². The molecule has 2 heterocycles. The Bertz CT molecular complexity index is 1230. The van der Waals surface area contributed by atoms with Crippen LogP contribution in [0, 0.1) is 0 Å². The van der Waals surface area contributed by atoms with Crippen LogP contribution in [0.1, 0.15) is 11.1 Å². The molecule has 0 amide bonds. The molecule has 0 saturated heterocycles. The summed E-state index contributed by atoms with van der Waals surface area (Å²) in [6.45, 7) is 1.55. The van der Waals surface area contributed by atoms with Crippen LogP contribution in [0.5, 0.6) is 0 Å². The summed E-state index contributed by atoms with van der Waals surface area (Å²) in [5.41, 5.74) is 9.29. The number of nitrogens with one attached hydrogen (secondary N) is 1. The number of hydrogen-bond acceptors (Lipinski definition) is 5. The first-order chi connectivity index (χ1) is 14.4. The van der Waals surface area contributed by atoms with Gasteiger partial charge in [0.15, 0.2) is 5.58 Å². The molecule has 0 radical (unpaired) electrons. The summed E-state index contributed by atoms with van der Waals surface area (Å²) in [5, 5.41) is 11.0. The van der Waals surface area contributed by atoms with E-state index in [-0.39, 0.29) is 0 Å². The number of benzene rings is 3. The predicted molar refractivity (Wildman–Crippen MR) is 118 cm³/mol. The zero-order chi connectivity index (χ0) is 19.5. The molecule has 5 aromatic rings. The van der Waals surface area contributed by atoms with Crippen LogP contribution < -0.4 is 5.32 Å². The van der Waals surface area contributed by atoms with Gasteiger partial charge in [0.05, 0.1) is 11.2 Å². The van der Waals surface area contributed by atoms with Gasteiger partial charge in [0.1, 0.15) is 5.69 Å². The maximum Gasteiger partial charge on any atom is 0.167 e. The van der Waals surface area contributed by atoms with Crippen molar-refractivity contribution >= 4 is 22.3 Å². The van der Waals surface area contributed by atoms with Crippen molar-refractivity contribution in [3.05, 3.63) is 94.8 Å². The number of hydrogen-bond donors (Lipinski definition) is 1. The lowest BCUT2D eigenvalue weighted by atomic mass is 10.0. The Morgan fingerprint density at radius 1 is 0.862 bits per heavy atom. The van der Waals surface area contributed by atoms with Crippen LogP contribution >= 0.6 is 11.3 Å². The first kappa shape index (κ1) is 17.8. The van der Waals surface area contributed by atoms with Crippen molar-refractivity contribution in [2.75, 3.05) is 0 Å². The Labute approximate surface area is 172 Å². The quantitative estimate of drug-likeness (QED) is 0.387. The van der Waals surface area contributed by atoms with Crippen molar-refractivity contribution in [1.82, 2.24) is 15.5 Å². The lowest BCUT2D eigenvalue weighted by Gasteiger charge is -2.10. The molecule has 2 aromatic heterocycles. The predicted octanol–water partition coefficient (Wildman–Crippen LogP) is 5.91. The third-order valence-corrected chi connectivity index (χ3v) is 5.56. The first-order valence-electron chi connectivity index (χ1n) is 9.49. The number of rotatable bonds is 6. The number of aromatic nitrogens is 2. The SMILES string of the molecule is c1ccc(-c2noc3ccccc23)c(CNCc2ccc(-c3cscn3)cc2)c1. The molecule has 0 aliphatic rings. The Morgan fingerprint density at radius 2 is 1.69 bits per heavy atom. The Kier molecular flexibility index (Phi) is 4.90. The molecule has 0 atom stereocenters. The van der Waals surface area contributed by atoms with Crippen LogP contribution in [0.15, 0.2) is 88.2 Å². The van der Waals surface area contributed by atoms with E-state index in [0.717, 1.165) is 46.6 Å². The van der Waals surface area contributed by atoms with Gasteiger partial charge in [-0.3, -0.25) is 0 Å². The number of para-hydroxylation sites is 1. The minimum Gasteiger partial charge on any atom is -0.356 e. The van der Waals surface area contributed by atoms with Gasteiger partial charge >= 0.3 is 0 Å². The van der Waals surface area contributed by atoms with Gasteiger partial charge in [0.25, 0.3) is 0 Å². The summed E-state index contributed by atoms with van der Waals surface area (Å²) < 4.78 is 5.50. The zero-order valence-corrected chi connectivity index (χ0v) is 16.5. The summed E-state index contributed by atoms with van der Waals surface area (Å²) in [6.07, 6.45) is 0. The van der Waals surface area contributed by atoms with Gasteiger partial charge in [0.2, 0.25) is 0 Å². The van der Waals surface area contributed by atoms with Crippen LogP contribution in [0.3, 0.4) is 0 Å². The molecule has 1 N–H and O–H groups in total. The van der Waals surface area contributed by atoms with Gasteiger partial charge in [-0.25, -0.2) is 4.98 Å². The fourth-order valence-electron chi connectivity index (χ4n) is 3.48. The van der Waals surface area contributed by atoms with Crippen LogP contribution in [0.25, 0.3) is 33.5 Å². The summed E-state index contributed by atoms with van der Waals surface area (Å²) in [6, 6.07) is 24.9. The highest BCUT2D eigenvalue weighted by Gasteiger charge is 2.13. The van der Waals surface area contributed by atoms with Crippen LogP contribution in [0.4, 0.5) is 0 Å². The molecule has 5 rings (SSSR count). The molecule has 5 heteroatoms. The Balaban J connectivity index is 1.31. The molecule has 0 bridgehead atoms. The maximum absolute atomic E-state index is 5.50. The van der Waals surface area contributed by atoms with E-state index in [1.807, 2.05) is 29.8 Å². The van der Waals surface area contributed by atoms with Crippen molar-refractivity contribution in [2.45, 2.75) is 13.1 Å². The summed E-state index contributed by atoms with van der Waals surface area (Å²) >= 11 is 1.62. The van der Waals surface area contributed by atoms with Gasteiger partial charge in [-0.05, 0) is 23.3 Å². The maximum atomic E-state index is 5.50. The van der Waals surface area contributed by atoms with E-state index in [1.54, 1.807) is 11.3 Å². The van der Waals surface area contributed by atoms with Crippen LogP contribution in [-0.4, -0.2) is 10.1 Å². The number of thiazole rings is 1. The van der Waals surface area contributed by atoms with E-state index < -0.39 is 0 Å². The topological polar surface area (TPSA) is 51.0 Å². The van der Waals surface area contributed by atoms with E-state index in [2.05, 4.69) is 69.4 Å². The summed E-state index contributed by atoms with van der Waals surface area (Å²) in [5.74, 6) is 0. The van der Waals surface area contributed by atoms with Gasteiger partial charge in [-0.2, -0.15) is 0 Å². The second-order valence-electron chi connectivity index (χ2n) is 6.86. The molecular formula is C24H19N3OS. The zero-order valence-electron chi connectivity index (χ0n) is 15.7. The number of nitrogens with zero attached hydrogens (tertiary/aromatic N) is 2. The van der Waals surface area contributed by atoms with Crippen LogP contribution in [0.2, 0.25) is 0 Å². The number of fused-ring (bicyclic) bond motifs is 1. The lowest BCUT2D eigenvalue weighted by Crippen LogP contribution is -2.13. The Hall–Kier alpha value is -3.28. The highest BCUT2D eigenvalue weighted by Crippen LogP contribution is 2.30. The normalized spacial score (nSPS) is 11.2. The molecular weight excluding hydrogens is 378 g/mol. The Morgan fingerprint density at radius 3 is 2.55 bits per heavy atom. The fourth-order valence-corrected chi connectivity index (χ4v) is 4.04. The van der Waals surface area contributed by atoms with Crippen molar-refractivity contribution < 1.29 is 4.52 Å². The molecule has 142 valence electrons. The minimum absolute atomic E-state index is 0.755. The molecule has 4 nitrogen and oxygen atoms in total. The third-order valence-electron chi connectivity index (χ3n) is 4.98. The molecule has 0 spiro atoms. The second kappa shape index (κ2) is 7.99. The molecule has 0 aliphatic carbocycles. The largest absolute Gasteiger partial charge is 0.356 e. The monoisotopic (exact) mass is 397 g/mol. The molecule has 29 heavy (non-hydrogen) atoms. The highest BCUT2D eigenvalue weighted by atomic mass is 32.1. The highest BCUT2D eigenvalue weighted by molar-refractivity contribution is 7.07. The molecule has 3 aromatic carbocycles. The molecule has 0 fully saturated rings. The van der Waals surface area contributed by atoms with Crippen molar-refractivity contribution in [3.63, 3.8) is 0 Å². The van der Waals surface area contributed by atoms with E-state index in [1.165, 1.54) is 11.1 Å². The van der Waals surface area contributed by atoms with Gasteiger partial charge in [0, 0.05) is 35.0 Å². The lowest BCUT2D eigenvalue weighted by molar-refractivity contribution is 0.459. The van der Waals surface area contributed by atoms with Crippen molar-refractivity contribution in [2.24, 2.45) is 0 Å². The summed E-state index contributed by atoms with van der Waals surface area (Å²) in [4.78, 5) is 4.36.